The third-order valence-electron chi connectivity index (χ3n) is 3.01. The average Bonchev–Trinajstić information content (AvgIpc) is 2.38. The Balaban J connectivity index is 2.92. The minimum Gasteiger partial charge on any atom is -0.338 e. The quantitative estimate of drug-likeness (QED) is 0.905. The molecule has 0 spiro atoms. The lowest BCUT2D eigenvalue weighted by atomic mass is 9.93. The second-order valence-electron chi connectivity index (χ2n) is 5.32. The standard InChI is InChI=1S/C14H20ClFN2O/c1-4-18(9-14(2,3)8-17)13(19)10-5-6-11(15)12(16)7-10/h5-7H,4,8-9,17H2,1-3H3. The van der Waals surface area contributed by atoms with E-state index in [2.05, 4.69) is 0 Å². The van der Waals surface area contributed by atoms with Crippen molar-refractivity contribution in [1.82, 2.24) is 4.90 Å². The number of carbonyl (C=O) groups is 1. The third kappa shape index (κ3) is 4.18. The molecule has 0 unspecified atom stereocenters. The molecule has 0 fully saturated rings. The number of halogens is 2. The summed E-state index contributed by atoms with van der Waals surface area (Å²) in [6.07, 6.45) is 0. The first kappa shape index (κ1) is 15.9. The average molecular weight is 287 g/mol. The summed E-state index contributed by atoms with van der Waals surface area (Å²) in [6, 6.07) is 4.10. The Labute approximate surface area is 118 Å². The van der Waals surface area contributed by atoms with Gasteiger partial charge in [-0.05, 0) is 37.1 Å². The molecule has 0 radical (unpaired) electrons. The smallest absolute Gasteiger partial charge is 0.253 e. The monoisotopic (exact) mass is 286 g/mol. The van der Waals surface area contributed by atoms with Gasteiger partial charge in [-0.1, -0.05) is 25.4 Å². The van der Waals surface area contributed by atoms with Gasteiger partial charge in [0.05, 0.1) is 5.02 Å². The van der Waals surface area contributed by atoms with E-state index >= 15 is 0 Å². The molecule has 0 aliphatic rings. The Bertz CT molecular complexity index is 463. The number of nitrogens with zero attached hydrogens (tertiary/aromatic N) is 1. The van der Waals surface area contributed by atoms with Crippen LogP contribution >= 0.6 is 11.6 Å². The number of hydrogen-bond donors (Lipinski definition) is 1. The van der Waals surface area contributed by atoms with E-state index in [4.69, 9.17) is 17.3 Å². The maximum absolute atomic E-state index is 13.4. The number of hydrogen-bond acceptors (Lipinski definition) is 2. The van der Waals surface area contributed by atoms with Crippen LogP contribution in [0, 0.1) is 11.2 Å². The zero-order valence-corrected chi connectivity index (χ0v) is 12.3. The van der Waals surface area contributed by atoms with Gasteiger partial charge < -0.3 is 10.6 Å². The maximum atomic E-state index is 13.4. The van der Waals surface area contributed by atoms with Crippen LogP contribution in [0.15, 0.2) is 18.2 Å². The molecule has 5 heteroatoms. The predicted octanol–water partition coefficient (Wildman–Crippen LogP) is 2.93. The van der Waals surface area contributed by atoms with Gasteiger partial charge >= 0.3 is 0 Å². The van der Waals surface area contributed by atoms with Crippen LogP contribution < -0.4 is 5.73 Å². The first-order valence-corrected chi connectivity index (χ1v) is 6.63. The normalized spacial score (nSPS) is 11.5. The number of rotatable bonds is 5. The van der Waals surface area contributed by atoms with Crippen molar-refractivity contribution in [2.75, 3.05) is 19.6 Å². The molecular formula is C14H20ClFN2O. The molecule has 0 saturated heterocycles. The molecule has 0 aliphatic carbocycles. The number of amides is 1. The molecular weight excluding hydrogens is 267 g/mol. The van der Waals surface area contributed by atoms with Gasteiger partial charge in [0.15, 0.2) is 0 Å². The molecule has 0 saturated carbocycles. The van der Waals surface area contributed by atoms with E-state index in [9.17, 15) is 9.18 Å². The summed E-state index contributed by atoms with van der Waals surface area (Å²) in [5, 5.41) is 0.0156. The van der Waals surface area contributed by atoms with E-state index in [0.29, 0.717) is 25.2 Å². The van der Waals surface area contributed by atoms with Crippen LogP contribution in [0.1, 0.15) is 31.1 Å². The molecule has 0 atom stereocenters. The van der Waals surface area contributed by atoms with Crippen molar-refractivity contribution in [3.63, 3.8) is 0 Å². The second-order valence-corrected chi connectivity index (χ2v) is 5.72. The van der Waals surface area contributed by atoms with Gasteiger partial charge in [0.1, 0.15) is 5.82 Å². The van der Waals surface area contributed by atoms with Gasteiger partial charge in [0.2, 0.25) is 0 Å². The third-order valence-corrected chi connectivity index (χ3v) is 3.31. The van der Waals surface area contributed by atoms with Gasteiger partial charge in [0.25, 0.3) is 5.91 Å². The van der Waals surface area contributed by atoms with E-state index < -0.39 is 5.82 Å². The first-order valence-electron chi connectivity index (χ1n) is 6.25. The SMILES string of the molecule is CCN(CC(C)(C)CN)C(=O)c1ccc(Cl)c(F)c1. The van der Waals surface area contributed by atoms with E-state index in [1.54, 1.807) is 4.90 Å². The number of benzene rings is 1. The van der Waals surface area contributed by atoms with Crippen molar-refractivity contribution < 1.29 is 9.18 Å². The van der Waals surface area contributed by atoms with Crippen LogP contribution in [0.3, 0.4) is 0 Å². The van der Waals surface area contributed by atoms with Crippen LogP contribution in [0.25, 0.3) is 0 Å². The highest BCUT2D eigenvalue weighted by atomic mass is 35.5. The van der Waals surface area contributed by atoms with Crippen LogP contribution in [-0.2, 0) is 0 Å². The van der Waals surface area contributed by atoms with Crippen molar-refractivity contribution >= 4 is 17.5 Å². The van der Waals surface area contributed by atoms with Crippen molar-refractivity contribution in [2.45, 2.75) is 20.8 Å². The summed E-state index contributed by atoms with van der Waals surface area (Å²) < 4.78 is 13.4. The fourth-order valence-corrected chi connectivity index (χ4v) is 1.84. The fraction of sp³-hybridized carbons (Fsp3) is 0.500. The lowest BCUT2D eigenvalue weighted by Gasteiger charge is -2.31. The van der Waals surface area contributed by atoms with Gasteiger partial charge in [-0.25, -0.2) is 4.39 Å². The Morgan fingerprint density at radius 2 is 2.11 bits per heavy atom. The largest absolute Gasteiger partial charge is 0.338 e. The molecule has 106 valence electrons. The van der Waals surface area contributed by atoms with E-state index in [1.807, 2.05) is 20.8 Å². The molecule has 0 aliphatic heterocycles. The molecule has 3 nitrogen and oxygen atoms in total. The summed E-state index contributed by atoms with van der Waals surface area (Å²) in [5.41, 5.74) is 5.81. The highest BCUT2D eigenvalue weighted by Gasteiger charge is 2.23. The van der Waals surface area contributed by atoms with Gasteiger partial charge in [-0.15, -0.1) is 0 Å². The van der Waals surface area contributed by atoms with Crippen LogP contribution in [0.2, 0.25) is 5.02 Å². The highest BCUT2D eigenvalue weighted by Crippen LogP contribution is 2.19. The number of nitrogens with two attached hydrogens (primary N) is 1. The topological polar surface area (TPSA) is 46.3 Å². The molecule has 1 rings (SSSR count). The molecule has 0 aromatic heterocycles. The molecule has 0 heterocycles. The Hall–Kier alpha value is -1.13. The zero-order chi connectivity index (χ0) is 14.6. The Morgan fingerprint density at radius 3 is 2.58 bits per heavy atom. The minimum absolute atomic E-state index is 0.0156. The van der Waals surface area contributed by atoms with E-state index in [-0.39, 0.29) is 16.3 Å². The number of carbonyl (C=O) groups excluding carboxylic acids is 1. The van der Waals surface area contributed by atoms with Crippen LogP contribution in [0.4, 0.5) is 4.39 Å². The lowest BCUT2D eigenvalue weighted by Crippen LogP contribution is -2.42. The summed E-state index contributed by atoms with van der Waals surface area (Å²) in [5.74, 6) is -0.791. The zero-order valence-electron chi connectivity index (χ0n) is 11.5. The molecule has 0 bridgehead atoms. The van der Waals surface area contributed by atoms with Crippen molar-refractivity contribution in [1.29, 1.82) is 0 Å². The van der Waals surface area contributed by atoms with Gasteiger partial charge in [-0.2, -0.15) is 0 Å². The molecule has 1 aromatic rings. The Morgan fingerprint density at radius 1 is 1.47 bits per heavy atom. The summed E-state index contributed by atoms with van der Waals surface area (Å²) in [4.78, 5) is 14.0. The van der Waals surface area contributed by atoms with Crippen molar-refractivity contribution in [3.05, 3.63) is 34.6 Å². The summed E-state index contributed by atoms with van der Waals surface area (Å²) >= 11 is 5.61. The van der Waals surface area contributed by atoms with Crippen LogP contribution in [0.5, 0.6) is 0 Å². The predicted molar refractivity (Wildman–Crippen MR) is 75.8 cm³/mol. The van der Waals surface area contributed by atoms with Crippen LogP contribution in [-0.4, -0.2) is 30.4 Å². The highest BCUT2D eigenvalue weighted by molar-refractivity contribution is 6.30. The van der Waals surface area contributed by atoms with Crippen molar-refractivity contribution in [3.8, 4) is 0 Å². The first-order chi connectivity index (χ1) is 8.80. The van der Waals surface area contributed by atoms with Gasteiger partial charge in [-0.3, -0.25) is 4.79 Å². The second kappa shape index (κ2) is 6.35. The lowest BCUT2D eigenvalue weighted by molar-refractivity contribution is 0.0700. The fourth-order valence-electron chi connectivity index (χ4n) is 1.72. The maximum Gasteiger partial charge on any atom is 0.253 e. The van der Waals surface area contributed by atoms with E-state index in [1.165, 1.54) is 18.2 Å². The Kier molecular flexibility index (Phi) is 5.32. The minimum atomic E-state index is -0.582. The van der Waals surface area contributed by atoms with Crippen molar-refractivity contribution in [2.24, 2.45) is 11.1 Å². The van der Waals surface area contributed by atoms with E-state index in [0.717, 1.165) is 0 Å². The molecule has 19 heavy (non-hydrogen) atoms. The summed E-state index contributed by atoms with van der Waals surface area (Å²) in [7, 11) is 0. The van der Waals surface area contributed by atoms with Gasteiger partial charge in [0, 0.05) is 18.7 Å². The molecule has 2 N–H and O–H groups in total. The molecule has 1 aromatic carbocycles. The summed E-state index contributed by atoms with van der Waals surface area (Å²) in [6.45, 7) is 7.43. The molecule has 1 amide bonds.